The van der Waals surface area contributed by atoms with Crippen LogP contribution in [-0.2, 0) is 14.9 Å². The number of carbonyl (C=O) groups excluding carboxylic acids is 5. The van der Waals surface area contributed by atoms with Crippen LogP contribution in [-0.4, -0.2) is 164 Å². The molecule has 10 heterocycles. The highest BCUT2D eigenvalue weighted by Gasteiger charge is 2.47. The van der Waals surface area contributed by atoms with E-state index in [0.29, 0.717) is 69.4 Å². The predicted molar refractivity (Wildman–Crippen MR) is 524 cm³/mol. The van der Waals surface area contributed by atoms with Gasteiger partial charge >= 0.3 is 12.1 Å². The van der Waals surface area contributed by atoms with Crippen LogP contribution in [0.15, 0.2) is 274 Å². The van der Waals surface area contributed by atoms with Crippen LogP contribution >= 0.6 is 0 Å². The first-order chi connectivity index (χ1) is 67.2. The average Bonchev–Trinajstić information content (AvgIpc) is 1.61. The molecular weight excluding hydrogens is 1770 g/mol. The summed E-state index contributed by atoms with van der Waals surface area (Å²) < 4.78 is 50.1. The van der Waals surface area contributed by atoms with Gasteiger partial charge in [-0.25, -0.2) is 47.5 Å². The number of hydrogen-bond acceptors (Lipinski definition) is 19. The van der Waals surface area contributed by atoms with Crippen LogP contribution in [0.3, 0.4) is 0 Å². The van der Waals surface area contributed by atoms with E-state index in [9.17, 15) is 42.3 Å². The number of rotatable bonds is 19. The van der Waals surface area contributed by atoms with Crippen molar-refractivity contribution in [1.82, 2.24) is 107 Å². The Morgan fingerprint density at radius 1 is 0.475 bits per heavy atom. The van der Waals surface area contributed by atoms with Gasteiger partial charge < -0.3 is 35.8 Å². The molecule has 7 amide bonds. The number of amides is 7. The second kappa shape index (κ2) is 39.3. The number of imide groups is 1. The fourth-order valence-corrected chi connectivity index (χ4v) is 16.0. The summed E-state index contributed by atoms with van der Waals surface area (Å²) in [6, 6.07) is 74.9. The van der Waals surface area contributed by atoms with Crippen molar-refractivity contribution in [3.05, 3.63) is 313 Å². The van der Waals surface area contributed by atoms with Crippen LogP contribution in [0.25, 0.3) is 145 Å². The van der Waals surface area contributed by atoms with Crippen LogP contribution in [0.4, 0.5) is 45.5 Å². The van der Waals surface area contributed by atoms with Gasteiger partial charge in [0.2, 0.25) is 0 Å². The molecule has 33 nitrogen and oxygen atoms in total. The Morgan fingerprint density at radius 2 is 0.885 bits per heavy atom. The highest BCUT2D eigenvalue weighted by atomic mass is 19.1. The second-order valence-electron chi connectivity index (χ2n) is 34.2. The van der Waals surface area contributed by atoms with Crippen LogP contribution in [0.5, 0.6) is 5.75 Å². The molecule has 2 aliphatic heterocycles. The number of anilines is 4. The van der Waals surface area contributed by atoms with Crippen LogP contribution < -0.4 is 35.8 Å². The maximum Gasteiger partial charge on any atom is 0.329 e. The molecule has 0 spiro atoms. The Morgan fingerprint density at radius 3 is 1.31 bits per heavy atom. The summed E-state index contributed by atoms with van der Waals surface area (Å²) >= 11 is 0. The van der Waals surface area contributed by atoms with Crippen molar-refractivity contribution < 1.29 is 51.7 Å². The Kier molecular flexibility index (Phi) is 25.9. The van der Waals surface area contributed by atoms with Gasteiger partial charge in [0.05, 0.1) is 81.1 Å². The monoisotopic (exact) mass is 1860 g/mol. The number of aryl methyl sites for hydroxylation is 1. The van der Waals surface area contributed by atoms with Crippen molar-refractivity contribution in [2.75, 3.05) is 40.7 Å². The molecule has 2 unspecified atom stereocenters. The number of nitrogens with one attached hydrogen (secondary N) is 12. The van der Waals surface area contributed by atoms with Gasteiger partial charge in [-0.3, -0.25) is 55.2 Å². The molecule has 2 atom stereocenters. The predicted octanol–water partition coefficient (Wildman–Crippen LogP) is 19.7. The van der Waals surface area contributed by atoms with E-state index >= 15 is 0 Å². The number of H-pyrrole nitrogens is 8. The summed E-state index contributed by atoms with van der Waals surface area (Å²) in [4.78, 5) is 78.2. The number of benzene rings is 12. The lowest BCUT2D eigenvalue weighted by molar-refractivity contribution is -0.180. The van der Waals surface area contributed by atoms with Crippen LogP contribution in [0.1, 0.15) is 80.1 Å². The lowest BCUT2D eigenvalue weighted by atomic mass is 9.96. The largest absolute Gasteiger partial charge is 0.497 e. The maximum atomic E-state index is 13.2. The second-order valence-corrected chi connectivity index (χ2v) is 34.2. The molecule has 20 aromatic rings. The topological polar surface area (TPSA) is 447 Å². The molecular formula is C103H90F3N25O8. The summed E-state index contributed by atoms with van der Waals surface area (Å²) in [7, 11) is 1.60. The molecule has 0 saturated carbocycles. The Balaban J connectivity index is 0.000000115. The van der Waals surface area contributed by atoms with Gasteiger partial charge in [0, 0.05) is 106 Å². The first kappa shape index (κ1) is 91.6. The normalized spacial score (nSPS) is 14.0. The van der Waals surface area contributed by atoms with Crippen molar-refractivity contribution in [1.29, 1.82) is 0 Å². The average molecular weight is 1860 g/mol. The van der Waals surface area contributed by atoms with Crippen molar-refractivity contribution in [2.45, 2.75) is 72.3 Å². The van der Waals surface area contributed by atoms with E-state index in [0.717, 1.165) is 139 Å². The first-order valence-electron chi connectivity index (χ1n) is 44.2. The van der Waals surface area contributed by atoms with E-state index < -0.39 is 24.0 Å². The molecule has 36 heteroatoms. The summed E-state index contributed by atoms with van der Waals surface area (Å²) in [5, 5.41) is 84.0. The van der Waals surface area contributed by atoms with E-state index in [1.54, 1.807) is 123 Å². The molecule has 13 N–H and O–H groups in total. The highest BCUT2D eigenvalue weighted by Crippen LogP contribution is 2.39. The van der Waals surface area contributed by atoms with Crippen LogP contribution in [0, 0.1) is 30.3 Å². The molecule has 2 fully saturated rings. The number of β-amino-alcohol motifs (C(OH)–C–C–N with tert-alkyl or cyclic N) is 1. The minimum absolute atomic E-state index is 0.0338. The van der Waals surface area contributed by atoms with E-state index in [4.69, 9.17) is 9.47 Å². The van der Waals surface area contributed by atoms with Crippen molar-refractivity contribution in [3.63, 3.8) is 0 Å². The Labute approximate surface area is 790 Å². The van der Waals surface area contributed by atoms with Gasteiger partial charge in [-0.2, -0.15) is 40.8 Å². The van der Waals surface area contributed by atoms with Gasteiger partial charge in [0.1, 0.15) is 47.7 Å². The number of nitrogens with zero attached hydrogens (tertiary/aromatic N) is 13. The first-order valence-corrected chi connectivity index (χ1v) is 44.2. The third-order valence-corrected chi connectivity index (χ3v) is 23.1. The quantitative estimate of drug-likeness (QED) is 0.0264. The zero-order chi connectivity index (χ0) is 96.8. The number of aromatic nitrogens is 19. The van der Waals surface area contributed by atoms with E-state index in [1.807, 2.05) is 136 Å². The smallest absolute Gasteiger partial charge is 0.329 e. The number of aromatic amines is 8. The molecule has 139 heavy (non-hydrogen) atoms. The summed E-state index contributed by atoms with van der Waals surface area (Å²) in [6.45, 7) is 14.2. The summed E-state index contributed by atoms with van der Waals surface area (Å²) in [5.41, 5.74) is 19.1. The number of carbonyl (C=O) groups is 5. The number of urea groups is 2. The third kappa shape index (κ3) is 20.0. The maximum absolute atomic E-state index is 13.2. The van der Waals surface area contributed by atoms with Gasteiger partial charge in [-0.05, 0) is 251 Å². The van der Waals surface area contributed by atoms with Gasteiger partial charge in [0.15, 0.2) is 17.5 Å². The molecule has 22 rings (SSSR count). The molecule has 8 aromatic heterocycles. The standard InChI is InChI=1S/C23H18N6O2.C23H18N6O.C20H19FN4O2.C19H18FN5.C18H17FN4O3/c1-31-18-8-6-17(7-9-18)26-23(30)16-4-2-3-14(11-16)21-19-12-15(22-24-13-25-29-22)5-10-20(19)27-28-21;1-14-5-8-18(9-6-14)26-23(30)17-4-2-3-15(11-17)21-19-12-16(22-24-13-25-29-22)7-10-20(19)27-28-21;1-11(2)9-17-19(26)25(20(27)22-17)14-7-8-16-15(10-14)18(24-23-16)12-3-5-13(21)6-4-12;1-19(2,3)18-21-17(24-25-18)12-6-9-15-14(10-12)16(23-22-15)11-4-7-13(20)8-5-11;1-2-26-18(25)10-20-17(24)23(18)13-7-8-15-14(9-13)16(22-21-15)11-3-5-12(19)6-4-11/h2-13H,1H3,(H,26,30)(H,27,28)(H,24,25,29);2-13H,1H3,(H,26,30)(H,27,28)(H,24,25,29);3-8,10-11,17H,9H2,1-2H3,(H,22,27)(H,23,24);4-10H,1-3H3,(H,22,23)(H,21,24,25);3-9,25H,2,10H2,1H3,(H,20,24)(H,21,22). The number of ether oxygens (including phenoxy) is 2. The molecule has 0 aliphatic carbocycles. The zero-order valence-electron chi connectivity index (χ0n) is 76.0. The van der Waals surface area contributed by atoms with E-state index in [2.05, 4.69) is 139 Å². The third-order valence-electron chi connectivity index (χ3n) is 23.1. The number of methoxy groups -OCH3 is 1. The van der Waals surface area contributed by atoms with E-state index in [-0.39, 0.29) is 53.7 Å². The minimum Gasteiger partial charge on any atom is -0.497 e. The molecule has 696 valence electrons. The Bertz CT molecular complexity index is 7870. The van der Waals surface area contributed by atoms with E-state index in [1.165, 1.54) is 58.9 Å². The summed E-state index contributed by atoms with van der Waals surface area (Å²) in [6.07, 6.45) is 3.54. The number of halogens is 3. The number of aliphatic hydroxyl groups is 1. The molecule has 2 aliphatic rings. The fourth-order valence-electron chi connectivity index (χ4n) is 16.0. The molecule has 2 saturated heterocycles. The van der Waals surface area contributed by atoms with Gasteiger partial charge in [-0.15, -0.1) is 0 Å². The minimum atomic E-state index is -1.75. The molecule has 0 radical (unpaired) electrons. The van der Waals surface area contributed by atoms with Crippen molar-refractivity contribution >= 4 is 107 Å². The van der Waals surface area contributed by atoms with Crippen LogP contribution in [0.2, 0.25) is 0 Å². The van der Waals surface area contributed by atoms with Crippen molar-refractivity contribution in [2.24, 2.45) is 5.92 Å². The van der Waals surface area contributed by atoms with Gasteiger partial charge in [0.25, 0.3) is 23.6 Å². The molecule has 0 bridgehead atoms. The summed E-state index contributed by atoms with van der Waals surface area (Å²) in [5.74, 6) is 0.606. The SMILES string of the molecule is CC(C)(C)c1nc(-c2ccc3[nH]nc(-c4ccc(F)cc4)c3c2)n[nH]1.CC(C)CC1NC(=O)N(c2ccc3[nH]nc(-c4ccc(F)cc4)c3c2)C1=O.CCOC1(O)CNC(=O)N1c1ccc2[nH]nc(-c3ccc(F)cc3)c2c1.COc1ccc(NC(=O)c2cccc(-c3n[nH]c4ccc(-c5ncn[nH]5)cc34)c2)cc1.Cc1ccc(NC(=O)c2cccc(-c3n[nH]c4ccc(-c5ncn[nH]5)cc34)c2)cc1. The fraction of sp³-hybridized carbons (Fsp3) is 0.146. The Hall–Kier alpha value is -17.9. The zero-order valence-corrected chi connectivity index (χ0v) is 76.0. The van der Waals surface area contributed by atoms with Gasteiger partial charge in [-0.1, -0.05) is 76.6 Å². The number of hydrogen-bond donors (Lipinski definition) is 13. The highest BCUT2D eigenvalue weighted by molar-refractivity contribution is 6.22. The number of fused-ring (bicyclic) bond motifs is 5. The molecule has 12 aromatic carbocycles. The lowest BCUT2D eigenvalue weighted by Gasteiger charge is -2.31. The van der Waals surface area contributed by atoms with Crippen molar-refractivity contribution in [3.8, 4) is 96.2 Å². The lowest BCUT2D eigenvalue weighted by Crippen LogP contribution is -2.49.